The molecule has 0 aliphatic carbocycles. The second-order valence-electron chi connectivity index (χ2n) is 5.69. The van der Waals surface area contributed by atoms with E-state index < -0.39 is 10.0 Å². The van der Waals surface area contributed by atoms with E-state index >= 15 is 0 Å². The second-order valence-corrected chi connectivity index (χ2v) is 7.34. The van der Waals surface area contributed by atoms with Crippen LogP contribution in [0, 0.1) is 6.92 Å². The maximum absolute atomic E-state index is 12.6. The minimum atomic E-state index is -3.93. The van der Waals surface area contributed by atoms with Crippen LogP contribution in [0.2, 0.25) is 0 Å². The van der Waals surface area contributed by atoms with Crippen LogP contribution >= 0.6 is 0 Å². The van der Waals surface area contributed by atoms with E-state index in [1.165, 1.54) is 12.4 Å². The fraction of sp³-hybridized carbons (Fsp3) is 0.125. The van der Waals surface area contributed by atoms with Gasteiger partial charge in [0.1, 0.15) is 16.7 Å². The highest BCUT2D eigenvalue weighted by atomic mass is 32.2. The van der Waals surface area contributed by atoms with Crippen molar-refractivity contribution in [2.75, 3.05) is 4.72 Å². The average Bonchev–Trinajstić information content (AvgIpc) is 3.25. The third-order valence-electron chi connectivity index (χ3n) is 3.89. The van der Waals surface area contributed by atoms with Crippen molar-refractivity contribution in [2.45, 2.75) is 18.4 Å². The largest absolute Gasteiger partial charge is 0.266 e. The van der Waals surface area contributed by atoms with E-state index in [2.05, 4.69) is 29.7 Å². The summed E-state index contributed by atoms with van der Waals surface area (Å²) in [4.78, 5) is 3.97. The molecule has 0 aliphatic heterocycles. The molecule has 26 heavy (non-hydrogen) atoms. The molecular weight excluding hydrogens is 356 g/mol. The molecule has 9 nitrogen and oxygen atoms in total. The molecule has 0 bridgehead atoms. The van der Waals surface area contributed by atoms with E-state index in [9.17, 15) is 8.42 Å². The summed E-state index contributed by atoms with van der Waals surface area (Å²) >= 11 is 0. The van der Waals surface area contributed by atoms with Gasteiger partial charge in [0.2, 0.25) is 0 Å². The number of fused-ring (bicyclic) bond motifs is 1. The van der Waals surface area contributed by atoms with Crippen LogP contribution in [0.15, 0.2) is 58.3 Å². The van der Waals surface area contributed by atoms with E-state index in [-0.39, 0.29) is 16.4 Å². The van der Waals surface area contributed by atoms with Gasteiger partial charge in [-0.2, -0.15) is 4.98 Å². The van der Waals surface area contributed by atoms with Crippen LogP contribution in [-0.2, 0) is 16.6 Å². The van der Waals surface area contributed by atoms with Gasteiger partial charge in [-0.3, -0.25) is 0 Å². The summed E-state index contributed by atoms with van der Waals surface area (Å²) in [6, 6.07) is 12.5. The number of hydrogen-bond donors (Lipinski definition) is 1. The van der Waals surface area contributed by atoms with Crippen molar-refractivity contribution < 1.29 is 13.0 Å². The summed E-state index contributed by atoms with van der Waals surface area (Å²) in [5.74, 6) is -0.0213. The molecule has 2 aromatic carbocycles. The van der Waals surface area contributed by atoms with Gasteiger partial charge in [-0.1, -0.05) is 30.3 Å². The fourth-order valence-corrected chi connectivity index (χ4v) is 3.65. The Bertz CT molecular complexity index is 1180. The molecule has 4 rings (SSSR count). The number of aryl methyl sites for hydroxylation is 1. The molecule has 2 heterocycles. The smallest absolute Gasteiger partial charge is 0.246 e. The lowest BCUT2D eigenvalue weighted by Crippen LogP contribution is -2.15. The summed E-state index contributed by atoms with van der Waals surface area (Å²) in [6.07, 6.45) is 1.47. The van der Waals surface area contributed by atoms with Crippen LogP contribution < -0.4 is 4.72 Å². The highest BCUT2D eigenvalue weighted by Crippen LogP contribution is 2.21. The predicted octanol–water partition coefficient (Wildman–Crippen LogP) is 1.97. The molecule has 132 valence electrons. The van der Waals surface area contributed by atoms with Crippen molar-refractivity contribution in [3.05, 3.63) is 59.9 Å². The molecule has 0 saturated heterocycles. The lowest BCUT2D eigenvalue weighted by atomic mass is 10.1. The number of nitrogens with zero attached hydrogens (tertiary/aromatic N) is 5. The Hall–Kier alpha value is -3.27. The summed E-state index contributed by atoms with van der Waals surface area (Å²) in [5.41, 5.74) is 2.70. The lowest BCUT2D eigenvalue weighted by molar-refractivity contribution is 0.315. The van der Waals surface area contributed by atoms with E-state index in [4.69, 9.17) is 0 Å². The van der Waals surface area contributed by atoms with Crippen molar-refractivity contribution >= 4 is 27.0 Å². The molecule has 4 aromatic rings. The van der Waals surface area contributed by atoms with Crippen LogP contribution in [-0.4, -0.2) is 33.5 Å². The zero-order valence-corrected chi connectivity index (χ0v) is 14.5. The first-order valence-electron chi connectivity index (χ1n) is 7.71. The predicted molar refractivity (Wildman–Crippen MR) is 92.9 cm³/mol. The number of hydrogen-bond acceptors (Lipinski definition) is 7. The summed E-state index contributed by atoms with van der Waals surface area (Å²) in [5, 5.41) is 11.5. The first kappa shape index (κ1) is 16.2. The highest BCUT2D eigenvalue weighted by Gasteiger charge is 2.22. The topological polar surface area (TPSA) is 116 Å². The molecular formula is C16H14N6O3S. The van der Waals surface area contributed by atoms with E-state index in [1.807, 2.05) is 31.2 Å². The second kappa shape index (κ2) is 6.23. The first-order chi connectivity index (χ1) is 12.5. The van der Waals surface area contributed by atoms with Gasteiger partial charge in [-0.25, -0.2) is 22.5 Å². The number of aromatic nitrogens is 5. The van der Waals surface area contributed by atoms with Gasteiger partial charge in [0, 0.05) is 0 Å². The Labute approximate surface area is 148 Å². The van der Waals surface area contributed by atoms with Gasteiger partial charge in [0.25, 0.3) is 16.0 Å². The Balaban J connectivity index is 1.59. The molecule has 0 radical (unpaired) electrons. The number of rotatable bonds is 5. The number of anilines is 1. The zero-order valence-electron chi connectivity index (χ0n) is 13.7. The summed E-state index contributed by atoms with van der Waals surface area (Å²) in [7, 11) is -3.93. The van der Waals surface area contributed by atoms with E-state index in [0.717, 1.165) is 11.1 Å². The van der Waals surface area contributed by atoms with Gasteiger partial charge in [-0.15, -0.1) is 5.10 Å². The molecule has 0 amide bonds. The first-order valence-corrected chi connectivity index (χ1v) is 9.19. The van der Waals surface area contributed by atoms with Crippen molar-refractivity contribution in [1.29, 1.82) is 0 Å². The quantitative estimate of drug-likeness (QED) is 0.571. The maximum atomic E-state index is 12.6. The average molecular weight is 370 g/mol. The molecule has 0 spiro atoms. The number of sulfonamides is 1. The van der Waals surface area contributed by atoms with Crippen molar-refractivity contribution in [2.24, 2.45) is 0 Å². The monoisotopic (exact) mass is 370 g/mol. The van der Waals surface area contributed by atoms with Crippen molar-refractivity contribution in [1.82, 2.24) is 25.1 Å². The Kier molecular flexibility index (Phi) is 3.88. The van der Waals surface area contributed by atoms with Crippen LogP contribution in [0.3, 0.4) is 0 Å². The fourth-order valence-electron chi connectivity index (χ4n) is 2.55. The number of benzene rings is 2. The molecule has 0 fully saturated rings. The molecule has 0 unspecified atom stereocenters. The van der Waals surface area contributed by atoms with Gasteiger partial charge in [-0.05, 0) is 40.5 Å². The molecule has 10 heteroatoms. The Morgan fingerprint density at radius 2 is 1.96 bits per heavy atom. The van der Waals surface area contributed by atoms with Gasteiger partial charge >= 0.3 is 0 Å². The molecule has 0 aliphatic rings. The van der Waals surface area contributed by atoms with Crippen molar-refractivity contribution in [3.63, 3.8) is 0 Å². The normalized spacial score (nSPS) is 11.7. The van der Waals surface area contributed by atoms with E-state index in [0.29, 0.717) is 12.1 Å². The minimum Gasteiger partial charge on any atom is -0.246 e. The number of nitrogens with one attached hydrogen (secondary N) is 1. The Morgan fingerprint density at radius 3 is 2.81 bits per heavy atom. The van der Waals surface area contributed by atoms with Gasteiger partial charge in [0.05, 0.1) is 6.54 Å². The van der Waals surface area contributed by atoms with Gasteiger partial charge < -0.3 is 0 Å². The van der Waals surface area contributed by atoms with Crippen LogP contribution in [0.4, 0.5) is 5.95 Å². The van der Waals surface area contributed by atoms with Crippen LogP contribution in [0.25, 0.3) is 11.0 Å². The third-order valence-corrected chi connectivity index (χ3v) is 5.25. The Morgan fingerprint density at radius 1 is 1.12 bits per heavy atom. The highest BCUT2D eigenvalue weighted by molar-refractivity contribution is 7.93. The molecule has 0 atom stereocenters. The minimum absolute atomic E-state index is 0.0213. The van der Waals surface area contributed by atoms with E-state index in [1.54, 1.807) is 16.8 Å². The van der Waals surface area contributed by atoms with Crippen molar-refractivity contribution in [3.8, 4) is 0 Å². The van der Waals surface area contributed by atoms with Gasteiger partial charge in [0.15, 0.2) is 5.52 Å². The maximum Gasteiger partial charge on any atom is 0.266 e. The lowest BCUT2D eigenvalue weighted by Gasteiger charge is -2.05. The summed E-state index contributed by atoms with van der Waals surface area (Å²) < 4.78 is 33.8. The SMILES string of the molecule is Cc1ccccc1Cn1cnc(NS(=O)(=O)c2cccc3nonc23)n1. The van der Waals surface area contributed by atoms with Crippen LogP contribution in [0.1, 0.15) is 11.1 Å². The van der Waals surface area contributed by atoms with Crippen LogP contribution in [0.5, 0.6) is 0 Å². The molecule has 1 N–H and O–H groups in total. The molecule has 2 aromatic heterocycles. The molecule has 0 saturated carbocycles. The summed E-state index contributed by atoms with van der Waals surface area (Å²) in [6.45, 7) is 2.49. The zero-order chi connectivity index (χ0) is 18.1. The standard InChI is InChI=1S/C16H14N6O3S/c1-11-5-2-3-6-12(11)9-22-10-17-16(18-22)21-26(23,24)14-8-4-7-13-15(14)20-25-19-13/h2-8,10H,9H2,1H3,(H,18,21). The third kappa shape index (κ3) is 3.02.